The molecule has 4 nitrogen and oxygen atoms in total. The number of aromatic nitrogens is 1. The van der Waals surface area contributed by atoms with Gasteiger partial charge in [0.25, 0.3) is 0 Å². The number of methoxy groups -OCH3 is 1. The Morgan fingerprint density at radius 2 is 1.82 bits per heavy atom. The number of aliphatic hydroxyl groups is 1. The summed E-state index contributed by atoms with van der Waals surface area (Å²) in [5.41, 5.74) is 1.75. The molecule has 0 fully saturated rings. The maximum Gasteiger partial charge on any atom is 0.164 e. The van der Waals surface area contributed by atoms with Crippen molar-refractivity contribution >= 4 is 5.57 Å². The molecule has 1 N–H and O–H groups in total. The number of hydrogen-bond acceptors (Lipinski definition) is 4. The van der Waals surface area contributed by atoms with Crippen LogP contribution in [0.2, 0.25) is 0 Å². The second-order valence-electron chi connectivity index (χ2n) is 5.10. The van der Waals surface area contributed by atoms with E-state index in [9.17, 15) is 5.11 Å². The van der Waals surface area contributed by atoms with Crippen molar-refractivity contribution in [2.45, 2.75) is 12.0 Å². The van der Waals surface area contributed by atoms with Crippen molar-refractivity contribution in [3.05, 3.63) is 84.3 Å². The Labute approximate surface area is 129 Å². The van der Waals surface area contributed by atoms with Crippen LogP contribution in [0.5, 0.6) is 0 Å². The van der Waals surface area contributed by atoms with Gasteiger partial charge in [0.15, 0.2) is 11.4 Å². The number of nitrogens with zero attached hydrogens (tertiary/aromatic N) is 1. The fraction of sp³-hybridized carbons (Fsp3) is 0.167. The van der Waals surface area contributed by atoms with Gasteiger partial charge >= 0.3 is 0 Å². The predicted octanol–water partition coefficient (Wildman–Crippen LogP) is 3.48. The van der Waals surface area contributed by atoms with Crippen molar-refractivity contribution in [3.8, 4) is 0 Å². The molecule has 1 unspecified atom stereocenters. The maximum atomic E-state index is 10.5. The van der Waals surface area contributed by atoms with E-state index in [0.717, 1.165) is 16.7 Å². The van der Waals surface area contributed by atoms with Crippen LogP contribution in [0.15, 0.2) is 73.1 Å². The van der Waals surface area contributed by atoms with Crippen LogP contribution in [0.3, 0.4) is 0 Å². The lowest BCUT2D eigenvalue weighted by molar-refractivity contribution is 0.0272. The summed E-state index contributed by atoms with van der Waals surface area (Å²) >= 11 is 0. The lowest BCUT2D eigenvalue weighted by atomic mass is 9.81. The second kappa shape index (κ2) is 6.03. The third-order valence-corrected chi connectivity index (χ3v) is 3.85. The molecule has 0 amide bonds. The van der Waals surface area contributed by atoms with Gasteiger partial charge in [-0.15, -0.1) is 0 Å². The van der Waals surface area contributed by atoms with Gasteiger partial charge < -0.3 is 14.6 Å². The van der Waals surface area contributed by atoms with Crippen molar-refractivity contribution in [1.29, 1.82) is 0 Å². The zero-order valence-corrected chi connectivity index (χ0v) is 12.3. The molecule has 4 heteroatoms. The zero-order valence-electron chi connectivity index (χ0n) is 12.3. The topological polar surface area (TPSA) is 51.6 Å². The summed E-state index contributed by atoms with van der Waals surface area (Å²) in [5, 5.41) is 10.5. The molecule has 1 aliphatic rings. The minimum atomic E-state index is -0.971. The fourth-order valence-electron chi connectivity index (χ4n) is 2.68. The van der Waals surface area contributed by atoms with Gasteiger partial charge in [-0.25, -0.2) is 0 Å². The largest absolute Gasteiger partial charge is 0.506 e. The lowest BCUT2D eigenvalue weighted by Gasteiger charge is -2.36. The summed E-state index contributed by atoms with van der Waals surface area (Å²) < 4.78 is 11.0. The average Bonchev–Trinajstić information content (AvgIpc) is 2.58. The van der Waals surface area contributed by atoms with Gasteiger partial charge in [0.1, 0.15) is 6.26 Å². The number of aliphatic hydroxyl groups excluding tert-OH is 1. The smallest absolute Gasteiger partial charge is 0.164 e. The molecule has 0 saturated heterocycles. The van der Waals surface area contributed by atoms with Crippen LogP contribution in [0.4, 0.5) is 0 Å². The molecule has 2 aromatic rings. The van der Waals surface area contributed by atoms with Crippen molar-refractivity contribution in [1.82, 2.24) is 4.98 Å². The molecule has 0 bridgehead atoms. The Morgan fingerprint density at radius 3 is 2.50 bits per heavy atom. The van der Waals surface area contributed by atoms with Crippen LogP contribution in [-0.2, 0) is 15.9 Å². The molecule has 22 heavy (non-hydrogen) atoms. The first-order chi connectivity index (χ1) is 10.8. The van der Waals surface area contributed by atoms with Crippen LogP contribution in [0.1, 0.15) is 11.1 Å². The highest BCUT2D eigenvalue weighted by Gasteiger charge is 2.42. The van der Waals surface area contributed by atoms with E-state index in [2.05, 4.69) is 4.98 Å². The van der Waals surface area contributed by atoms with Gasteiger partial charge in [-0.2, -0.15) is 0 Å². The molecule has 3 rings (SSSR count). The summed E-state index contributed by atoms with van der Waals surface area (Å²) in [6.07, 6.45) is 6.84. The normalized spacial score (nSPS) is 20.8. The predicted molar refractivity (Wildman–Crippen MR) is 83.9 cm³/mol. The zero-order chi connectivity index (χ0) is 15.4. The van der Waals surface area contributed by atoms with Crippen LogP contribution < -0.4 is 0 Å². The first-order valence-electron chi connectivity index (χ1n) is 7.01. The maximum absolute atomic E-state index is 10.5. The summed E-state index contributed by atoms with van der Waals surface area (Å²) in [7, 11) is 1.59. The molecule has 1 aliphatic heterocycles. The third-order valence-electron chi connectivity index (χ3n) is 3.85. The van der Waals surface area contributed by atoms with Gasteiger partial charge in [-0.05, 0) is 23.3 Å². The number of rotatable bonds is 4. The minimum absolute atomic E-state index is 0.0492. The molecule has 0 aliphatic carbocycles. The van der Waals surface area contributed by atoms with Gasteiger partial charge in [0.2, 0.25) is 0 Å². The summed E-state index contributed by atoms with van der Waals surface area (Å²) in [5.74, 6) is 0.0492. The Balaban J connectivity index is 2.06. The van der Waals surface area contributed by atoms with Crippen LogP contribution >= 0.6 is 0 Å². The molecule has 1 aromatic carbocycles. The van der Waals surface area contributed by atoms with Crippen LogP contribution in [0.25, 0.3) is 5.57 Å². The van der Waals surface area contributed by atoms with Crippen molar-refractivity contribution in [3.63, 3.8) is 0 Å². The number of pyridine rings is 1. The van der Waals surface area contributed by atoms with Gasteiger partial charge in [0, 0.05) is 31.5 Å². The Kier molecular flexibility index (Phi) is 3.94. The highest BCUT2D eigenvalue weighted by molar-refractivity contribution is 5.75. The van der Waals surface area contributed by atoms with E-state index >= 15 is 0 Å². The van der Waals surface area contributed by atoms with E-state index in [-0.39, 0.29) is 5.76 Å². The second-order valence-corrected chi connectivity index (χ2v) is 5.10. The Hall–Kier alpha value is -2.59. The van der Waals surface area contributed by atoms with E-state index in [0.29, 0.717) is 6.42 Å². The quantitative estimate of drug-likeness (QED) is 0.938. The SMILES string of the molecule is COC1(Cc2ccccc2)C(O)=COC=C1c1ccncc1. The number of hydrogen-bond donors (Lipinski definition) is 1. The van der Waals surface area contributed by atoms with Gasteiger partial charge in [-0.1, -0.05) is 30.3 Å². The Morgan fingerprint density at radius 1 is 1.09 bits per heavy atom. The van der Waals surface area contributed by atoms with Crippen molar-refractivity contribution in [2.24, 2.45) is 0 Å². The highest BCUT2D eigenvalue weighted by Crippen LogP contribution is 2.40. The van der Waals surface area contributed by atoms with Crippen LogP contribution in [-0.4, -0.2) is 22.8 Å². The summed E-state index contributed by atoms with van der Waals surface area (Å²) in [4.78, 5) is 4.03. The number of ether oxygens (including phenoxy) is 2. The summed E-state index contributed by atoms with van der Waals surface area (Å²) in [6.45, 7) is 0. The number of benzene rings is 1. The standard InChI is InChI=1S/C18H17NO3/c1-21-18(11-14-5-3-2-4-6-14)16(12-22-13-17(18)20)15-7-9-19-10-8-15/h2-10,12-13,20H,11H2,1H3. The van der Waals surface area contributed by atoms with Crippen LogP contribution in [0, 0.1) is 0 Å². The summed E-state index contributed by atoms with van der Waals surface area (Å²) in [6, 6.07) is 13.6. The first kappa shape index (κ1) is 14.4. The van der Waals surface area contributed by atoms with Crippen molar-refractivity contribution in [2.75, 3.05) is 7.11 Å². The minimum Gasteiger partial charge on any atom is -0.506 e. The van der Waals surface area contributed by atoms with Gasteiger partial charge in [0.05, 0.1) is 6.26 Å². The average molecular weight is 295 g/mol. The molecular weight excluding hydrogens is 278 g/mol. The first-order valence-corrected chi connectivity index (χ1v) is 7.01. The molecule has 2 heterocycles. The molecule has 0 spiro atoms. The van der Waals surface area contributed by atoms with Gasteiger partial charge in [-0.3, -0.25) is 4.98 Å². The van der Waals surface area contributed by atoms with E-state index in [1.807, 2.05) is 42.5 Å². The lowest BCUT2D eigenvalue weighted by Crippen LogP contribution is -2.39. The molecule has 1 atom stereocenters. The molecular formula is C18H17NO3. The van der Waals surface area contributed by atoms with Crippen molar-refractivity contribution < 1.29 is 14.6 Å². The molecule has 1 aromatic heterocycles. The van der Waals surface area contributed by atoms with E-state index in [1.54, 1.807) is 25.8 Å². The molecule has 0 saturated carbocycles. The molecule has 0 radical (unpaired) electrons. The highest BCUT2D eigenvalue weighted by atomic mass is 16.5. The van der Waals surface area contributed by atoms with E-state index < -0.39 is 5.60 Å². The Bertz CT molecular complexity index is 695. The monoisotopic (exact) mass is 295 g/mol. The third kappa shape index (κ3) is 2.49. The van der Waals surface area contributed by atoms with E-state index in [4.69, 9.17) is 9.47 Å². The van der Waals surface area contributed by atoms with E-state index in [1.165, 1.54) is 6.26 Å². The molecule has 112 valence electrons. The fourth-order valence-corrected chi connectivity index (χ4v) is 2.68.